The Hall–Kier alpha value is -5.04. The lowest BCUT2D eigenvalue weighted by Gasteiger charge is -2.24. The molecule has 0 spiro atoms. The summed E-state index contributed by atoms with van der Waals surface area (Å²) >= 11 is 0. The number of phosphoric acid groups is 8. The number of benzene rings is 1. The van der Waals surface area contributed by atoms with E-state index in [1.807, 2.05) is 36.2 Å². The Morgan fingerprint density at radius 1 is 0.487 bits per heavy atom. The summed E-state index contributed by atoms with van der Waals surface area (Å²) < 4.78 is 192. The minimum Gasteiger partial charge on any atom is -0.491 e. The van der Waals surface area contributed by atoms with Gasteiger partial charge in [-0.1, -0.05) is 12.8 Å². The van der Waals surface area contributed by atoms with Crippen molar-refractivity contribution in [2.75, 3.05) is 112 Å². The number of unbranched alkanes of at least 4 members (excludes halogenated alkanes) is 3. The van der Waals surface area contributed by atoms with E-state index < -0.39 is 174 Å². The molecule has 1 aromatic carbocycles. The lowest BCUT2D eigenvalue weighted by atomic mass is 9.89. The molecule has 7 rings (SSSR count). The number of hydrogen-bond acceptors (Lipinski definition) is 37. The molecular weight excluding hydrogens is 1770 g/mol. The highest BCUT2D eigenvalue weighted by Crippen LogP contribution is 2.75. The summed E-state index contributed by atoms with van der Waals surface area (Å²) in [6.45, 7) is 3.34. The summed E-state index contributed by atoms with van der Waals surface area (Å²) in [7, 11) is -46.5. The monoisotopic (exact) mass is 1860 g/mol. The number of amides is 2. The van der Waals surface area contributed by atoms with Gasteiger partial charge in [-0.25, -0.2) is 50.9 Å². The number of aliphatic hydroxyl groups excluding tert-OH is 2. The topological polar surface area (TPSA) is 708 Å². The number of nitrogens with one attached hydrogen (secondary N) is 4. The fraction of sp³-hybridized carbons (Fsp3) is 0.667. The van der Waals surface area contributed by atoms with Crippen molar-refractivity contribution < 1.29 is 182 Å². The first-order chi connectivity index (χ1) is 55.9. The minimum absolute atomic E-state index is 0.0211. The number of fused-ring (bicyclic) bond motifs is 1. The number of carbonyl (C=O) groups excluding carboxylic acids is 2. The van der Waals surface area contributed by atoms with Gasteiger partial charge in [0, 0.05) is 61.4 Å². The molecule has 0 saturated carbocycles. The molecule has 4 aromatic rings. The molecule has 59 heteroatoms. The largest absolute Gasteiger partial charge is 0.491 e. The third kappa shape index (κ3) is 36.6. The van der Waals surface area contributed by atoms with Gasteiger partial charge in [0.05, 0.1) is 116 Å². The van der Waals surface area contributed by atoms with Crippen molar-refractivity contribution in [2.45, 2.75) is 147 Å². The molecule has 119 heavy (non-hydrogen) atoms. The van der Waals surface area contributed by atoms with Crippen molar-refractivity contribution in [2.24, 2.45) is 0 Å². The predicted octanol–water partition coefficient (Wildman–Crippen LogP) is 3.72. The summed E-state index contributed by atoms with van der Waals surface area (Å²) in [5.74, 6) is 0.300. The lowest BCUT2D eigenvalue weighted by molar-refractivity contribution is -0.122. The van der Waals surface area contributed by atoms with E-state index in [2.05, 4.69) is 56.4 Å². The minimum atomic E-state index is -6.54. The normalized spacial score (nSPS) is 22.4. The molecule has 5 heterocycles. The second-order valence-electron chi connectivity index (χ2n) is 26.1. The highest BCUT2D eigenvalue weighted by Gasteiger charge is 2.50. The second-order valence-corrected chi connectivity index (χ2v) is 38.4. The molecule has 1 aliphatic carbocycles. The van der Waals surface area contributed by atoms with Crippen LogP contribution >= 0.6 is 62.6 Å². The van der Waals surface area contributed by atoms with Gasteiger partial charge >= 0.3 is 80.1 Å². The van der Waals surface area contributed by atoms with E-state index in [0.29, 0.717) is 76.9 Å². The maximum Gasteiger partial charge on any atom is 0.490 e. The van der Waals surface area contributed by atoms with Gasteiger partial charge < -0.3 is 97.9 Å². The van der Waals surface area contributed by atoms with Gasteiger partial charge in [-0.3, -0.25) is 60.6 Å². The predicted molar refractivity (Wildman–Crippen MR) is 402 cm³/mol. The van der Waals surface area contributed by atoms with Gasteiger partial charge in [-0.2, -0.15) is 26.7 Å². The Morgan fingerprint density at radius 2 is 0.933 bits per heavy atom. The average Bonchev–Trinajstić information content (AvgIpc) is 1.75. The van der Waals surface area contributed by atoms with Crippen LogP contribution in [0.1, 0.15) is 111 Å². The Bertz CT molecular complexity index is 4650. The number of ether oxygens (including phenoxy) is 8. The molecule has 2 amide bonds. The molecule has 14 N–H and O–H groups in total. The molecule has 51 nitrogen and oxygen atoms in total. The molecule has 674 valence electrons. The fourth-order valence-corrected chi connectivity index (χ4v) is 20.6. The van der Waals surface area contributed by atoms with E-state index in [1.165, 1.54) is 20.0 Å². The number of aromatic amines is 2. The molecule has 2 fully saturated rings. The number of rotatable bonds is 54. The summed E-state index contributed by atoms with van der Waals surface area (Å²) in [6.07, 6.45) is -2.91. The Labute approximate surface area is 676 Å². The van der Waals surface area contributed by atoms with Gasteiger partial charge in [0.2, 0.25) is 5.91 Å². The first-order valence-electron chi connectivity index (χ1n) is 36.4. The SMILES string of the molecule is Cc1nnc(-c2ccc(OCCOCCOCCOCCOCCC(=O)NCCCCCCOP(=O)(O)OP(=O)(O)OP(=O)(O)OP(=O)(O)OP(=O)(O)OP(=O)(O)OC[C@H]3O[C@@H](n4cc(C)c(=O)[nH]c4=O)CC3O)cc2)c2c1CCC(OC(=O)NCCOP(=O)(O)OCCCOP(=O)(O)OC[C@H]1O[C@@H](n3cc(C)c(=O)[nH]c3=O)CC1O)CCC2. The van der Waals surface area contributed by atoms with Crippen LogP contribution in [-0.2, 0) is 136 Å². The number of aliphatic hydroxyl groups is 2. The number of aromatic nitrogens is 6. The molecule has 3 aliphatic rings. The van der Waals surface area contributed by atoms with Crippen molar-refractivity contribution >= 4 is 74.6 Å². The number of H-pyrrole nitrogens is 2. The average molecular weight is 1870 g/mol. The molecule has 11 unspecified atom stereocenters. The number of alkyl carbamates (subject to hydrolysis) is 1. The Balaban J connectivity index is 0.636. The first kappa shape index (κ1) is 101. The van der Waals surface area contributed by atoms with Gasteiger partial charge in [-0.15, -0.1) is 5.10 Å². The zero-order chi connectivity index (χ0) is 87.4. The van der Waals surface area contributed by atoms with Crippen LogP contribution in [0.2, 0.25) is 0 Å². The zero-order valence-corrected chi connectivity index (χ0v) is 71.2. The van der Waals surface area contributed by atoms with Crippen molar-refractivity contribution in [3.05, 3.63) is 106 Å². The number of phosphoric ester groups is 4. The third-order valence-corrected chi connectivity index (χ3v) is 28.0. The van der Waals surface area contributed by atoms with Gasteiger partial charge in [-0.05, 0) is 108 Å². The van der Waals surface area contributed by atoms with Crippen LogP contribution in [0, 0.1) is 20.8 Å². The van der Waals surface area contributed by atoms with E-state index >= 15 is 0 Å². The number of carbonyl (C=O) groups is 2. The Morgan fingerprint density at radius 3 is 1.46 bits per heavy atom. The van der Waals surface area contributed by atoms with Crippen LogP contribution in [0.15, 0.2) is 55.8 Å². The van der Waals surface area contributed by atoms with Gasteiger partial charge in [0.15, 0.2) is 0 Å². The molecule has 2 aliphatic heterocycles. The van der Waals surface area contributed by atoms with Crippen molar-refractivity contribution in [1.82, 2.24) is 39.9 Å². The Kier molecular flexibility index (Phi) is 40.2. The van der Waals surface area contributed by atoms with Crippen LogP contribution in [0.4, 0.5) is 4.79 Å². The molecule has 15 atom stereocenters. The molecule has 3 aromatic heterocycles. The summed E-state index contributed by atoms with van der Waals surface area (Å²) in [5, 5.41) is 34.8. The number of hydrogen-bond donors (Lipinski definition) is 14. The van der Waals surface area contributed by atoms with E-state index in [-0.39, 0.29) is 102 Å². The summed E-state index contributed by atoms with van der Waals surface area (Å²) in [4.78, 5) is 156. The third-order valence-electron chi connectivity index (χ3n) is 16.8. The lowest BCUT2D eigenvalue weighted by Crippen LogP contribution is -2.33. The molecular formula is C60H96N8O43P8. The first-order valence-corrected chi connectivity index (χ1v) is 48.3. The van der Waals surface area contributed by atoms with Gasteiger partial charge in [0.25, 0.3) is 11.1 Å². The van der Waals surface area contributed by atoms with Crippen LogP contribution in [0.3, 0.4) is 0 Å². The summed E-state index contributed by atoms with van der Waals surface area (Å²) in [5.41, 5.74) is 1.62. The van der Waals surface area contributed by atoms with Gasteiger partial charge in [0.1, 0.15) is 43.1 Å². The van der Waals surface area contributed by atoms with Crippen LogP contribution in [-0.4, -0.2) is 233 Å². The fourth-order valence-electron chi connectivity index (χ4n) is 11.2. The van der Waals surface area contributed by atoms with E-state index in [9.17, 15) is 115 Å². The maximum absolute atomic E-state index is 12.8. The van der Waals surface area contributed by atoms with E-state index in [0.717, 1.165) is 43.4 Å². The second kappa shape index (κ2) is 47.3. The highest BCUT2D eigenvalue weighted by atomic mass is 31.3. The van der Waals surface area contributed by atoms with Crippen LogP contribution < -0.4 is 37.9 Å². The quantitative estimate of drug-likeness (QED) is 0.0221. The summed E-state index contributed by atoms with van der Waals surface area (Å²) in [6, 6.07) is 7.43. The van der Waals surface area contributed by atoms with Crippen molar-refractivity contribution in [3.63, 3.8) is 0 Å². The number of nitrogens with zero attached hydrogens (tertiary/aromatic N) is 4. The van der Waals surface area contributed by atoms with Crippen LogP contribution in [0.25, 0.3) is 11.3 Å². The smallest absolute Gasteiger partial charge is 0.490 e. The van der Waals surface area contributed by atoms with E-state index in [4.69, 9.17) is 56.0 Å². The number of aryl methyl sites for hydroxylation is 3. The van der Waals surface area contributed by atoms with Crippen molar-refractivity contribution in [3.8, 4) is 17.0 Å². The zero-order valence-electron chi connectivity index (χ0n) is 64.0. The molecule has 0 bridgehead atoms. The van der Waals surface area contributed by atoms with E-state index in [1.54, 1.807) is 0 Å². The molecule has 2 saturated heterocycles. The highest BCUT2D eigenvalue weighted by molar-refractivity contribution is 7.72. The standard InChI is InChI=1S/C60H96N8O43P8/c1-40-36-67(58(74)63-56(40)72)53-34-48(69)50(105-53)38-102-113(79,80)99-23-9-22-98-112(77,78)101-25-20-62-60(76)104-45-10-8-11-47-46(17-16-45)42(3)65-66-55(47)43-12-14-44(15-13-43)97-33-32-96-31-30-95-29-28-94-27-26-93-24-18-52(71)61-19-6-4-5-7-21-100-114(81,82)107-116(85,86)109-118(89,90)111-119(91,92)110-117(87,88)108-115(83,84)103-39-51-49(70)35-54(106-51)68-37-41(2)57(73)64-59(68)75/h12-15,36-37,45,48-51,53-54,69-70H,4-11,16-35,38-39H2,1-3H3,(H,61,71)(H,62,76)(H,77,78)(H,79,80)(H,81,82)(H,83,84)(H,85,86)(H,87,88)(H,89,90)(H,91,92)(H,63,72,74)(H,64,73,75)/t45?,48?,49?,50-,51-,53-,54-/m1/s1. The maximum atomic E-state index is 12.8. The van der Waals surface area contributed by atoms with Crippen LogP contribution in [0.5, 0.6) is 5.75 Å². The van der Waals surface area contributed by atoms with Crippen molar-refractivity contribution in [1.29, 1.82) is 0 Å². The molecule has 0 radical (unpaired) electrons.